The molecular weight excluding hydrogens is 414 g/mol. The van der Waals surface area contributed by atoms with Gasteiger partial charge in [0.2, 0.25) is 0 Å². The van der Waals surface area contributed by atoms with Gasteiger partial charge in [0.25, 0.3) is 0 Å². The Morgan fingerprint density at radius 3 is 2.00 bits per heavy atom. The second-order valence-electron chi connectivity index (χ2n) is 7.28. The first-order valence-electron chi connectivity index (χ1n) is 10.6. The minimum Gasteiger partial charge on any atom is -0.481 e. The van der Waals surface area contributed by atoms with Crippen LogP contribution in [0.1, 0.15) is 47.4 Å². The molecule has 0 aliphatic heterocycles. The number of ketones is 1. The van der Waals surface area contributed by atoms with Crippen LogP contribution >= 0.6 is 0 Å². The van der Waals surface area contributed by atoms with E-state index in [0.717, 1.165) is 46.3 Å². The van der Waals surface area contributed by atoms with Crippen molar-refractivity contribution in [1.82, 2.24) is 4.98 Å². The number of hydrogen-bond acceptors (Lipinski definition) is 4. The zero-order valence-electron chi connectivity index (χ0n) is 19.2. The molecule has 0 fully saturated rings. The number of carboxylic acids is 1. The summed E-state index contributed by atoms with van der Waals surface area (Å²) in [4.78, 5) is 27.6. The van der Waals surface area contributed by atoms with Crippen molar-refractivity contribution in [3.8, 4) is 22.4 Å². The minimum absolute atomic E-state index is 0.0242. The van der Waals surface area contributed by atoms with Crippen molar-refractivity contribution in [2.45, 2.75) is 26.7 Å². The summed E-state index contributed by atoms with van der Waals surface area (Å²) in [6.45, 7) is 7.30. The number of carbonyl (C=O) groups is 2. The lowest BCUT2D eigenvalue weighted by atomic mass is 9.97. The third kappa shape index (κ3) is 6.57. The quantitative estimate of drug-likeness (QED) is 0.422. The molecule has 33 heavy (non-hydrogen) atoms. The lowest BCUT2D eigenvalue weighted by Crippen LogP contribution is -2.02. The number of aromatic nitrogens is 1. The van der Waals surface area contributed by atoms with Crippen molar-refractivity contribution in [2.24, 2.45) is 0 Å². The highest BCUT2D eigenvalue weighted by atomic mass is 16.4. The highest BCUT2D eigenvalue weighted by Gasteiger charge is 2.13. The van der Waals surface area contributed by atoms with Gasteiger partial charge in [-0.05, 0) is 49.1 Å². The van der Waals surface area contributed by atoms with E-state index in [1.165, 1.54) is 0 Å². The number of pyridine rings is 1. The molecule has 0 aliphatic rings. The fraction of sp³-hybridized carbons (Fsp3) is 0.179. The first kappa shape index (κ1) is 25.4. The maximum atomic E-state index is 12.2. The number of rotatable bonds is 8. The molecule has 0 unspecified atom stereocenters. The maximum Gasteiger partial charge on any atom is 0.303 e. The average Bonchev–Trinajstić information content (AvgIpc) is 2.84. The fourth-order valence-corrected chi connectivity index (χ4v) is 3.46. The smallest absolute Gasteiger partial charge is 0.303 e. The Labute approximate surface area is 194 Å². The van der Waals surface area contributed by atoms with Gasteiger partial charge in [-0.25, -0.2) is 4.98 Å². The molecule has 0 atom stereocenters. The molecule has 0 saturated heterocycles. The lowest BCUT2D eigenvalue weighted by molar-refractivity contribution is -0.136. The predicted molar refractivity (Wildman–Crippen MR) is 134 cm³/mol. The molecule has 5 heteroatoms. The van der Waals surface area contributed by atoms with Crippen LogP contribution in [0.4, 0.5) is 0 Å². The monoisotopic (exact) mass is 443 g/mol. The number of benzene rings is 2. The van der Waals surface area contributed by atoms with Crippen molar-refractivity contribution in [3.63, 3.8) is 0 Å². The Morgan fingerprint density at radius 2 is 1.52 bits per heavy atom. The molecule has 1 aromatic heterocycles. The van der Waals surface area contributed by atoms with Gasteiger partial charge in [0.1, 0.15) is 0 Å². The molecule has 5 nitrogen and oxygen atoms in total. The van der Waals surface area contributed by atoms with Crippen LogP contribution in [0.2, 0.25) is 0 Å². The van der Waals surface area contributed by atoms with Crippen molar-refractivity contribution in [3.05, 3.63) is 89.6 Å². The van der Waals surface area contributed by atoms with Gasteiger partial charge < -0.3 is 10.2 Å². The molecule has 0 amide bonds. The standard InChI is InChI=1S/C27H25NO3.CH4O/c1-4-6-25-23(5-2)24(18(3)29)17-26(28-25)22-14-12-21(13-15-22)20-10-7-19(8-11-20)9-16-27(30)31;1-2/h4-8,10-15,17H,2,9,16H2,1,3H3,(H,30,31);2H,1H3/b6-4-;. The van der Waals surface area contributed by atoms with Crippen molar-refractivity contribution < 1.29 is 19.8 Å². The van der Waals surface area contributed by atoms with Crippen molar-refractivity contribution >= 4 is 23.9 Å². The number of aliphatic hydroxyl groups is 1. The molecule has 0 aliphatic carbocycles. The van der Waals surface area contributed by atoms with Crippen LogP contribution in [0.3, 0.4) is 0 Å². The zero-order valence-corrected chi connectivity index (χ0v) is 19.2. The van der Waals surface area contributed by atoms with Gasteiger partial charge in [0.15, 0.2) is 5.78 Å². The SMILES string of the molecule is C=Cc1c(C(C)=O)cc(-c2ccc(-c3ccc(CCC(=O)O)cc3)cc2)nc1/C=C\C.CO. The molecule has 3 rings (SSSR count). The third-order valence-electron chi connectivity index (χ3n) is 5.09. The van der Waals surface area contributed by atoms with E-state index in [1.54, 1.807) is 13.0 Å². The fourth-order valence-electron chi connectivity index (χ4n) is 3.46. The molecule has 2 N–H and O–H groups in total. The summed E-state index contributed by atoms with van der Waals surface area (Å²) in [5.41, 5.74) is 6.84. The second-order valence-corrected chi connectivity index (χ2v) is 7.28. The van der Waals surface area contributed by atoms with Gasteiger partial charge in [-0.2, -0.15) is 0 Å². The summed E-state index contributed by atoms with van der Waals surface area (Å²) >= 11 is 0. The highest BCUT2D eigenvalue weighted by Crippen LogP contribution is 2.28. The molecular formula is C28H29NO4. The van der Waals surface area contributed by atoms with Gasteiger partial charge in [0, 0.05) is 30.2 Å². The van der Waals surface area contributed by atoms with Crippen LogP contribution in [-0.4, -0.2) is 34.1 Å². The summed E-state index contributed by atoms with van der Waals surface area (Å²) < 4.78 is 0. The van der Waals surface area contributed by atoms with Crippen LogP contribution in [0.5, 0.6) is 0 Å². The number of nitrogens with zero attached hydrogens (tertiary/aromatic N) is 1. The molecule has 170 valence electrons. The Balaban J connectivity index is 0.00000187. The van der Waals surface area contributed by atoms with Crippen LogP contribution in [0.25, 0.3) is 34.5 Å². The predicted octanol–water partition coefficient (Wildman–Crippen LogP) is 5.92. The number of carboxylic acid groups (broad SMARTS) is 1. The molecule has 0 radical (unpaired) electrons. The average molecular weight is 444 g/mol. The second kappa shape index (κ2) is 12.3. The van der Waals surface area contributed by atoms with E-state index in [-0.39, 0.29) is 12.2 Å². The van der Waals surface area contributed by atoms with Gasteiger partial charge in [0.05, 0.1) is 11.4 Å². The number of hydrogen-bond donors (Lipinski definition) is 2. The van der Waals surface area contributed by atoms with E-state index < -0.39 is 5.97 Å². The summed E-state index contributed by atoms with van der Waals surface area (Å²) in [5, 5.41) is 15.8. The Bertz CT molecular complexity index is 1140. The topological polar surface area (TPSA) is 87.5 Å². The summed E-state index contributed by atoms with van der Waals surface area (Å²) in [6.07, 6.45) is 6.10. The first-order valence-corrected chi connectivity index (χ1v) is 10.6. The zero-order chi connectivity index (χ0) is 24.4. The van der Waals surface area contributed by atoms with Crippen LogP contribution in [-0.2, 0) is 11.2 Å². The lowest BCUT2D eigenvalue weighted by Gasteiger charge is -2.11. The maximum absolute atomic E-state index is 12.2. The number of aliphatic hydroxyl groups excluding tert-OH is 1. The molecule has 0 bridgehead atoms. The minimum atomic E-state index is -0.792. The molecule has 3 aromatic rings. The normalized spacial score (nSPS) is 10.4. The molecule has 1 heterocycles. The summed E-state index contributed by atoms with van der Waals surface area (Å²) in [7, 11) is 1.00. The number of allylic oxidation sites excluding steroid dienone is 1. The Hall–Kier alpha value is -3.83. The van der Waals surface area contributed by atoms with E-state index in [0.29, 0.717) is 12.0 Å². The van der Waals surface area contributed by atoms with Gasteiger partial charge in [-0.3, -0.25) is 9.59 Å². The highest BCUT2D eigenvalue weighted by molar-refractivity contribution is 5.99. The van der Waals surface area contributed by atoms with Crippen molar-refractivity contribution in [2.75, 3.05) is 7.11 Å². The van der Waals surface area contributed by atoms with E-state index >= 15 is 0 Å². The van der Waals surface area contributed by atoms with E-state index in [4.69, 9.17) is 15.2 Å². The van der Waals surface area contributed by atoms with E-state index in [2.05, 4.69) is 6.58 Å². The number of aliphatic carboxylic acids is 1. The van der Waals surface area contributed by atoms with Crippen LogP contribution < -0.4 is 0 Å². The van der Waals surface area contributed by atoms with Crippen LogP contribution in [0.15, 0.2) is 67.3 Å². The largest absolute Gasteiger partial charge is 0.481 e. The van der Waals surface area contributed by atoms with Gasteiger partial charge in [-0.15, -0.1) is 0 Å². The molecule has 0 spiro atoms. The third-order valence-corrected chi connectivity index (χ3v) is 5.09. The van der Waals surface area contributed by atoms with Gasteiger partial charge in [-0.1, -0.05) is 67.3 Å². The van der Waals surface area contributed by atoms with Crippen LogP contribution in [0, 0.1) is 0 Å². The number of Topliss-reactive ketones (excluding diaryl/α,β-unsaturated/α-hetero) is 1. The first-order chi connectivity index (χ1) is 15.9. The van der Waals surface area contributed by atoms with E-state index in [1.807, 2.05) is 73.7 Å². The summed E-state index contributed by atoms with van der Waals surface area (Å²) in [5.74, 6) is -0.816. The summed E-state index contributed by atoms with van der Waals surface area (Å²) in [6, 6.07) is 17.8. The molecule has 2 aromatic carbocycles. The number of aryl methyl sites for hydroxylation is 1. The Kier molecular flexibility index (Phi) is 9.45. The van der Waals surface area contributed by atoms with Crippen molar-refractivity contribution in [1.29, 1.82) is 0 Å². The Morgan fingerprint density at radius 1 is 0.970 bits per heavy atom. The van der Waals surface area contributed by atoms with Gasteiger partial charge >= 0.3 is 5.97 Å². The molecule has 0 saturated carbocycles. The number of carbonyl (C=O) groups excluding carboxylic acids is 1. The van der Waals surface area contributed by atoms with E-state index in [9.17, 15) is 9.59 Å².